The zero-order valence-electron chi connectivity index (χ0n) is 16.2. The monoisotopic (exact) mass is 364 g/mol. The highest BCUT2D eigenvalue weighted by atomic mass is 32.0. The quantitative estimate of drug-likeness (QED) is 0.154. The Balaban J connectivity index is 3.21. The highest BCUT2D eigenvalue weighted by Gasteiger charge is 1.90. The standard InChI is InChI=1S/C22H38P2/c1-3-5-7-9-11-13-15-17-19-21-23-24-22-20-18-16-14-12-10-8-6-4-2/h3-18H2,1-2H3. The molecule has 0 saturated heterocycles. The predicted octanol–water partition coefficient (Wildman–Crippen LogP) is 9.00. The fraction of sp³-hybridized carbons (Fsp3) is 0.818. The van der Waals surface area contributed by atoms with Gasteiger partial charge in [-0.25, -0.2) is 0 Å². The molecule has 0 spiro atoms. The van der Waals surface area contributed by atoms with Gasteiger partial charge in [-0.15, -0.1) is 0 Å². The van der Waals surface area contributed by atoms with E-state index in [9.17, 15) is 0 Å². The van der Waals surface area contributed by atoms with Crippen LogP contribution in [0, 0.1) is 23.2 Å². The van der Waals surface area contributed by atoms with Gasteiger partial charge in [0.1, 0.15) is 0 Å². The third kappa shape index (κ3) is 22.0. The van der Waals surface area contributed by atoms with Gasteiger partial charge in [0.2, 0.25) is 0 Å². The third-order valence-corrected chi connectivity index (χ3v) is 5.64. The van der Waals surface area contributed by atoms with Crippen molar-refractivity contribution in [2.24, 2.45) is 0 Å². The van der Waals surface area contributed by atoms with E-state index in [1.165, 1.54) is 106 Å². The lowest BCUT2D eigenvalue weighted by molar-refractivity contribution is 0.594. The Bertz CT molecular complexity index is 318. The predicted molar refractivity (Wildman–Crippen MR) is 115 cm³/mol. The second-order valence-corrected chi connectivity index (χ2v) is 8.57. The second kappa shape index (κ2) is 23.0. The first-order valence-corrected chi connectivity index (χ1v) is 12.8. The van der Waals surface area contributed by atoms with Crippen LogP contribution in [0.1, 0.15) is 117 Å². The van der Waals surface area contributed by atoms with Gasteiger partial charge in [0.25, 0.3) is 0 Å². The molecule has 2 heteroatoms. The number of unbranched alkanes of at least 4 members (excludes halogenated alkanes) is 14. The molecule has 0 aromatic heterocycles. The lowest BCUT2D eigenvalue weighted by Gasteiger charge is -1.97. The van der Waals surface area contributed by atoms with Crippen molar-refractivity contribution in [2.45, 2.75) is 117 Å². The van der Waals surface area contributed by atoms with Crippen molar-refractivity contribution >= 4 is 16.5 Å². The third-order valence-electron chi connectivity index (χ3n) is 4.12. The van der Waals surface area contributed by atoms with E-state index >= 15 is 0 Å². The Labute approximate surface area is 156 Å². The first kappa shape index (κ1) is 24.0. The summed E-state index contributed by atoms with van der Waals surface area (Å²) in [6, 6.07) is 0. The van der Waals surface area contributed by atoms with E-state index in [4.69, 9.17) is 0 Å². The average Bonchev–Trinajstić information content (AvgIpc) is 2.60. The Morgan fingerprint density at radius 1 is 0.458 bits per heavy atom. The second-order valence-electron chi connectivity index (χ2n) is 6.52. The van der Waals surface area contributed by atoms with Crippen LogP contribution < -0.4 is 0 Å². The van der Waals surface area contributed by atoms with Gasteiger partial charge in [-0.2, -0.15) is 0 Å². The van der Waals surface area contributed by atoms with Gasteiger partial charge in [0.15, 0.2) is 0 Å². The van der Waals surface area contributed by atoms with Crippen molar-refractivity contribution in [2.75, 3.05) is 0 Å². The van der Waals surface area contributed by atoms with Crippen LogP contribution in [0.5, 0.6) is 0 Å². The van der Waals surface area contributed by atoms with Crippen LogP contribution >= 0.6 is 16.5 Å². The molecule has 0 aromatic rings. The zero-order chi connectivity index (χ0) is 17.6. The van der Waals surface area contributed by atoms with E-state index in [0.717, 1.165) is 12.8 Å². The number of hydrogen-bond donors (Lipinski definition) is 0. The molecule has 0 aromatic carbocycles. The summed E-state index contributed by atoms with van der Waals surface area (Å²) in [6.07, 6.45) is 21.3. The number of hydrogen-bond acceptors (Lipinski definition) is 0. The first-order valence-electron chi connectivity index (χ1n) is 10.3. The molecule has 0 unspecified atom stereocenters. The minimum absolute atomic E-state index is 1.07. The molecule has 0 rings (SSSR count). The van der Waals surface area contributed by atoms with Gasteiger partial charge in [0.05, 0.1) is 16.5 Å². The molecule has 0 nitrogen and oxygen atoms in total. The van der Waals surface area contributed by atoms with Crippen LogP contribution in [-0.2, 0) is 0 Å². The van der Waals surface area contributed by atoms with Crippen molar-refractivity contribution in [3.05, 3.63) is 0 Å². The summed E-state index contributed by atoms with van der Waals surface area (Å²) in [5, 5.41) is 0. The lowest BCUT2D eigenvalue weighted by atomic mass is 10.1. The summed E-state index contributed by atoms with van der Waals surface area (Å²) >= 11 is 0. The highest BCUT2D eigenvalue weighted by Crippen LogP contribution is 2.33. The van der Waals surface area contributed by atoms with E-state index in [-0.39, 0.29) is 0 Å². The molecule has 0 aliphatic carbocycles. The molecule has 24 heavy (non-hydrogen) atoms. The molecular weight excluding hydrogens is 326 g/mol. The van der Waals surface area contributed by atoms with E-state index in [1.54, 1.807) is 0 Å². The molecule has 136 valence electrons. The molecule has 0 fully saturated rings. The summed E-state index contributed by atoms with van der Waals surface area (Å²) in [4.78, 5) is 0. The molecule has 0 aliphatic heterocycles. The van der Waals surface area contributed by atoms with Crippen LogP contribution in [0.15, 0.2) is 0 Å². The molecular formula is C22H38P2. The molecule has 0 aliphatic rings. The molecule has 0 N–H and O–H groups in total. The maximum Gasteiger partial charge on any atom is 0.0586 e. The topological polar surface area (TPSA) is 0 Å². The van der Waals surface area contributed by atoms with E-state index in [0.29, 0.717) is 0 Å². The Hall–Kier alpha value is -0.0200. The summed E-state index contributed by atoms with van der Waals surface area (Å²) in [5.74, 6) is 6.57. The molecule has 2 radical (unpaired) electrons. The molecule has 0 heterocycles. The van der Waals surface area contributed by atoms with E-state index in [2.05, 4.69) is 37.0 Å². The Kier molecular flexibility index (Phi) is 23.0. The summed E-state index contributed by atoms with van der Waals surface area (Å²) in [5.41, 5.74) is 6.47. The van der Waals surface area contributed by atoms with Gasteiger partial charge in [-0.3, -0.25) is 0 Å². The SMILES string of the molecule is CCCCCCCCCC#C[P][P]C#CCCCCCCCCC. The maximum absolute atomic E-state index is 3.29. The van der Waals surface area contributed by atoms with Gasteiger partial charge in [-0.1, -0.05) is 114 Å². The van der Waals surface area contributed by atoms with Crippen LogP contribution in [0.4, 0.5) is 0 Å². The summed E-state index contributed by atoms with van der Waals surface area (Å²) in [6.45, 7) is 4.54. The van der Waals surface area contributed by atoms with Crippen molar-refractivity contribution < 1.29 is 0 Å². The van der Waals surface area contributed by atoms with Gasteiger partial charge < -0.3 is 0 Å². The highest BCUT2D eigenvalue weighted by molar-refractivity contribution is 8.16. The van der Waals surface area contributed by atoms with Gasteiger partial charge in [-0.05, 0) is 12.8 Å². The number of rotatable bonds is 15. The molecule has 0 saturated carbocycles. The molecule has 0 amide bonds. The Morgan fingerprint density at radius 3 is 1.17 bits per heavy atom. The van der Waals surface area contributed by atoms with Crippen molar-refractivity contribution in [3.8, 4) is 23.2 Å². The van der Waals surface area contributed by atoms with Crippen LogP contribution in [0.2, 0.25) is 0 Å². The summed E-state index contributed by atoms with van der Waals surface area (Å²) < 4.78 is 0. The average molecular weight is 364 g/mol. The molecule has 0 bridgehead atoms. The minimum Gasteiger partial charge on any atom is -0.0979 e. The summed E-state index contributed by atoms with van der Waals surface area (Å²) in [7, 11) is 2.34. The normalized spacial score (nSPS) is 10.9. The molecule has 0 atom stereocenters. The fourth-order valence-corrected chi connectivity index (χ4v) is 3.76. The smallest absolute Gasteiger partial charge is 0.0586 e. The van der Waals surface area contributed by atoms with Crippen molar-refractivity contribution in [1.29, 1.82) is 0 Å². The van der Waals surface area contributed by atoms with Crippen molar-refractivity contribution in [3.63, 3.8) is 0 Å². The largest absolute Gasteiger partial charge is 0.0979 e. The van der Waals surface area contributed by atoms with Crippen LogP contribution in [-0.4, -0.2) is 0 Å². The van der Waals surface area contributed by atoms with Crippen molar-refractivity contribution in [1.82, 2.24) is 0 Å². The van der Waals surface area contributed by atoms with Gasteiger partial charge in [0, 0.05) is 12.8 Å². The van der Waals surface area contributed by atoms with Crippen LogP contribution in [0.25, 0.3) is 0 Å². The lowest BCUT2D eigenvalue weighted by Crippen LogP contribution is -1.78. The van der Waals surface area contributed by atoms with Crippen LogP contribution in [0.3, 0.4) is 0 Å². The first-order chi connectivity index (χ1) is 11.9. The zero-order valence-corrected chi connectivity index (χ0v) is 18.0. The van der Waals surface area contributed by atoms with Gasteiger partial charge >= 0.3 is 0 Å². The van der Waals surface area contributed by atoms with E-state index < -0.39 is 0 Å². The maximum atomic E-state index is 3.29. The fourth-order valence-electron chi connectivity index (χ4n) is 2.57. The Morgan fingerprint density at radius 2 is 0.792 bits per heavy atom. The minimum atomic E-state index is 1.07. The van der Waals surface area contributed by atoms with E-state index in [1.807, 2.05) is 0 Å².